The molecule has 2 aliphatic heterocycles. The minimum atomic E-state index is -0.931. The number of rotatable bonds is 2. The van der Waals surface area contributed by atoms with E-state index in [1.165, 1.54) is 7.11 Å². The van der Waals surface area contributed by atoms with Gasteiger partial charge in [0.2, 0.25) is 5.76 Å². The second-order valence-electron chi connectivity index (χ2n) is 5.12. The van der Waals surface area contributed by atoms with E-state index in [0.717, 1.165) is 26.1 Å². The number of piperidine rings is 1. The highest BCUT2D eigenvalue weighted by Gasteiger charge is 2.48. The number of fused-ring (bicyclic) bond motifs is 2. The van der Waals surface area contributed by atoms with Gasteiger partial charge in [-0.3, -0.25) is 0 Å². The summed E-state index contributed by atoms with van der Waals surface area (Å²) < 4.78 is 10.1. The minimum Gasteiger partial charge on any atom is -0.463 e. The molecule has 0 spiro atoms. The molecule has 0 amide bonds. The van der Waals surface area contributed by atoms with Crippen LogP contribution in [0.15, 0.2) is 16.5 Å². The Hall–Kier alpha value is -1.33. The van der Waals surface area contributed by atoms with Crippen LogP contribution < -0.4 is 0 Å². The van der Waals surface area contributed by atoms with Gasteiger partial charge in [0.05, 0.1) is 7.11 Å². The summed E-state index contributed by atoms with van der Waals surface area (Å²) in [4.78, 5) is 13.7. The number of carbonyl (C=O) groups is 1. The fourth-order valence-corrected chi connectivity index (χ4v) is 3.06. The number of hydrogen-bond acceptors (Lipinski definition) is 5. The van der Waals surface area contributed by atoms with Crippen LogP contribution >= 0.6 is 0 Å². The second-order valence-corrected chi connectivity index (χ2v) is 5.12. The lowest BCUT2D eigenvalue weighted by Crippen LogP contribution is -2.43. The average molecular weight is 251 g/mol. The van der Waals surface area contributed by atoms with Crippen LogP contribution in [0.4, 0.5) is 0 Å². The van der Waals surface area contributed by atoms with E-state index in [-0.39, 0.29) is 11.7 Å². The van der Waals surface area contributed by atoms with Crippen LogP contribution in [-0.4, -0.2) is 42.7 Å². The second kappa shape index (κ2) is 4.10. The molecule has 5 heteroatoms. The van der Waals surface area contributed by atoms with Crippen molar-refractivity contribution in [2.45, 2.75) is 18.4 Å². The van der Waals surface area contributed by atoms with E-state index >= 15 is 0 Å². The third-order valence-electron chi connectivity index (χ3n) is 4.18. The van der Waals surface area contributed by atoms with Crippen LogP contribution in [0.25, 0.3) is 0 Å². The van der Waals surface area contributed by atoms with E-state index < -0.39 is 11.6 Å². The molecule has 3 rings (SSSR count). The lowest BCUT2D eigenvalue weighted by atomic mass is 9.80. The molecule has 1 N–H and O–H groups in total. The Morgan fingerprint density at radius 3 is 3.17 bits per heavy atom. The first-order chi connectivity index (χ1) is 8.63. The normalized spacial score (nSPS) is 34.6. The largest absolute Gasteiger partial charge is 0.463 e. The van der Waals surface area contributed by atoms with Crippen molar-refractivity contribution in [2.24, 2.45) is 5.92 Å². The van der Waals surface area contributed by atoms with Crippen molar-refractivity contribution in [3.05, 3.63) is 23.7 Å². The Morgan fingerprint density at radius 1 is 1.56 bits per heavy atom. The van der Waals surface area contributed by atoms with Gasteiger partial charge in [-0.15, -0.1) is 0 Å². The molecule has 2 bridgehead atoms. The van der Waals surface area contributed by atoms with Gasteiger partial charge in [-0.05, 0) is 31.5 Å². The van der Waals surface area contributed by atoms with Crippen LogP contribution in [0.1, 0.15) is 29.2 Å². The molecule has 2 aliphatic rings. The summed E-state index contributed by atoms with van der Waals surface area (Å²) >= 11 is 0. The Kier molecular flexibility index (Phi) is 2.68. The smallest absolute Gasteiger partial charge is 0.373 e. The van der Waals surface area contributed by atoms with Crippen LogP contribution in [0.2, 0.25) is 0 Å². The van der Waals surface area contributed by atoms with Crippen LogP contribution in [0.5, 0.6) is 0 Å². The monoisotopic (exact) mass is 251 g/mol. The summed E-state index contributed by atoms with van der Waals surface area (Å²) in [6.45, 7) is 2.82. The lowest BCUT2D eigenvalue weighted by Gasteiger charge is -2.37. The molecule has 3 heterocycles. The molecule has 5 nitrogen and oxygen atoms in total. The summed E-state index contributed by atoms with van der Waals surface area (Å²) in [5.74, 6) is 0.340. The Balaban J connectivity index is 1.89. The van der Waals surface area contributed by atoms with Crippen LogP contribution in [0.3, 0.4) is 0 Å². The van der Waals surface area contributed by atoms with Gasteiger partial charge in [0.15, 0.2) is 0 Å². The van der Waals surface area contributed by atoms with Crippen molar-refractivity contribution in [1.29, 1.82) is 0 Å². The highest BCUT2D eigenvalue weighted by Crippen LogP contribution is 2.43. The van der Waals surface area contributed by atoms with E-state index in [2.05, 4.69) is 9.64 Å². The van der Waals surface area contributed by atoms with E-state index in [0.29, 0.717) is 12.2 Å². The topological polar surface area (TPSA) is 62.9 Å². The maximum Gasteiger partial charge on any atom is 0.373 e. The molecule has 98 valence electrons. The molecule has 2 saturated heterocycles. The number of methoxy groups -OCH3 is 1. The third-order valence-corrected chi connectivity index (χ3v) is 4.18. The molecular formula is C13H17NO4. The molecule has 2 fully saturated rings. The minimum absolute atomic E-state index is 0.154. The molecule has 0 saturated carbocycles. The van der Waals surface area contributed by atoms with Gasteiger partial charge >= 0.3 is 5.97 Å². The molecule has 0 radical (unpaired) electrons. The zero-order valence-corrected chi connectivity index (χ0v) is 10.4. The summed E-state index contributed by atoms with van der Waals surface area (Å²) in [7, 11) is 1.31. The maximum atomic E-state index is 11.4. The third kappa shape index (κ3) is 1.66. The molecule has 3 atom stereocenters. The van der Waals surface area contributed by atoms with Gasteiger partial charge in [-0.25, -0.2) is 4.79 Å². The van der Waals surface area contributed by atoms with Crippen molar-refractivity contribution in [1.82, 2.24) is 4.90 Å². The molecular weight excluding hydrogens is 234 g/mol. The van der Waals surface area contributed by atoms with Crippen molar-refractivity contribution in [3.8, 4) is 0 Å². The highest BCUT2D eigenvalue weighted by atomic mass is 16.5. The first kappa shape index (κ1) is 11.7. The zero-order chi connectivity index (χ0) is 12.8. The number of furan rings is 1. The number of nitrogens with zero attached hydrogens (tertiary/aromatic N) is 1. The zero-order valence-electron chi connectivity index (χ0n) is 10.4. The Labute approximate surface area is 105 Å². The number of aliphatic hydroxyl groups is 1. The molecule has 18 heavy (non-hydrogen) atoms. The first-order valence-corrected chi connectivity index (χ1v) is 6.27. The van der Waals surface area contributed by atoms with Crippen molar-refractivity contribution >= 4 is 5.97 Å². The maximum absolute atomic E-state index is 11.4. The number of carbonyl (C=O) groups excluding carboxylic acids is 1. The van der Waals surface area contributed by atoms with Gasteiger partial charge in [-0.1, -0.05) is 0 Å². The van der Waals surface area contributed by atoms with Crippen molar-refractivity contribution in [2.75, 3.05) is 26.7 Å². The number of ether oxygens (including phenoxy) is 1. The summed E-state index contributed by atoms with van der Waals surface area (Å²) in [6.07, 6.45) is 1.64. The van der Waals surface area contributed by atoms with Crippen molar-refractivity contribution in [3.63, 3.8) is 0 Å². The molecule has 0 aromatic carbocycles. The van der Waals surface area contributed by atoms with Crippen LogP contribution in [0, 0.1) is 5.92 Å². The summed E-state index contributed by atoms with van der Waals surface area (Å²) in [5.41, 5.74) is -0.931. The quantitative estimate of drug-likeness (QED) is 0.794. The summed E-state index contributed by atoms with van der Waals surface area (Å²) in [5, 5.41) is 10.8. The van der Waals surface area contributed by atoms with E-state index in [9.17, 15) is 9.90 Å². The van der Waals surface area contributed by atoms with E-state index in [1.807, 2.05) is 0 Å². The van der Waals surface area contributed by atoms with Crippen molar-refractivity contribution < 1.29 is 19.1 Å². The first-order valence-electron chi connectivity index (χ1n) is 6.27. The number of hydrogen-bond donors (Lipinski definition) is 1. The van der Waals surface area contributed by atoms with E-state index in [1.54, 1.807) is 12.1 Å². The predicted molar refractivity (Wildman–Crippen MR) is 63.1 cm³/mol. The summed E-state index contributed by atoms with van der Waals surface area (Å²) in [6, 6.07) is 3.26. The standard InChI is InChI=1S/C13H17NO4/c1-17-12(15)10-2-3-11(18-10)13(16)5-7-14-6-4-9(13)8-14/h2-3,9,16H,4-8H2,1H3. The Morgan fingerprint density at radius 2 is 2.39 bits per heavy atom. The van der Waals surface area contributed by atoms with E-state index in [4.69, 9.17) is 4.42 Å². The molecule has 3 unspecified atom stereocenters. The van der Waals surface area contributed by atoms with Crippen LogP contribution in [-0.2, 0) is 10.3 Å². The lowest BCUT2D eigenvalue weighted by molar-refractivity contribution is -0.0668. The SMILES string of the molecule is COC(=O)c1ccc(C2(O)CCN3CCC2C3)o1. The fourth-order valence-electron chi connectivity index (χ4n) is 3.06. The Bertz CT molecular complexity index is 469. The van der Waals surface area contributed by atoms with Gasteiger partial charge < -0.3 is 19.2 Å². The van der Waals surface area contributed by atoms with Gasteiger partial charge in [0.25, 0.3) is 0 Å². The molecule has 1 aromatic rings. The van der Waals surface area contributed by atoms with Gasteiger partial charge in [0, 0.05) is 19.0 Å². The predicted octanol–water partition coefficient (Wildman–Crippen LogP) is 0.979. The average Bonchev–Trinajstić information content (AvgIpc) is 3.02. The fraction of sp³-hybridized carbons (Fsp3) is 0.615. The molecule has 0 aliphatic carbocycles. The van der Waals surface area contributed by atoms with Gasteiger partial charge in [-0.2, -0.15) is 0 Å². The van der Waals surface area contributed by atoms with Gasteiger partial charge in [0.1, 0.15) is 11.4 Å². The number of esters is 1. The highest BCUT2D eigenvalue weighted by molar-refractivity contribution is 5.86. The molecule has 1 aromatic heterocycles.